The van der Waals surface area contributed by atoms with Crippen LogP contribution in [0.1, 0.15) is 44.1 Å². The molecular formula is C22H27ClN2O5. The number of hydrogen-bond donors (Lipinski definition) is 0. The summed E-state index contributed by atoms with van der Waals surface area (Å²) in [7, 11) is 2.78. The van der Waals surface area contributed by atoms with Gasteiger partial charge < -0.3 is 9.64 Å². The second-order valence-corrected chi connectivity index (χ2v) is 8.93. The second-order valence-electron chi connectivity index (χ2n) is 8.49. The largest absolute Gasteiger partial charge is 0.469 e. The summed E-state index contributed by atoms with van der Waals surface area (Å²) in [5.41, 5.74) is -0.253. The highest BCUT2D eigenvalue weighted by molar-refractivity contribution is 6.30. The average molecular weight is 435 g/mol. The molecule has 2 amide bonds. The van der Waals surface area contributed by atoms with Crippen LogP contribution in [0.25, 0.3) is 0 Å². The minimum atomic E-state index is -0.761. The van der Waals surface area contributed by atoms with Crippen molar-refractivity contribution in [3.05, 3.63) is 34.9 Å². The topological polar surface area (TPSA) is 76.2 Å². The maximum Gasteiger partial charge on any atom is 0.311 e. The van der Waals surface area contributed by atoms with Crippen LogP contribution in [0.2, 0.25) is 5.02 Å². The van der Waals surface area contributed by atoms with E-state index in [1.165, 1.54) is 19.3 Å². The Labute approximate surface area is 181 Å². The highest BCUT2D eigenvalue weighted by atomic mass is 35.5. The van der Waals surface area contributed by atoms with Gasteiger partial charge in [-0.05, 0) is 43.4 Å². The summed E-state index contributed by atoms with van der Waals surface area (Å²) >= 11 is 6.03. The van der Waals surface area contributed by atoms with E-state index in [2.05, 4.69) is 0 Å². The second kappa shape index (κ2) is 7.85. The predicted octanol–water partition coefficient (Wildman–Crippen LogP) is 2.71. The van der Waals surface area contributed by atoms with Crippen LogP contribution in [0.15, 0.2) is 24.3 Å². The van der Waals surface area contributed by atoms with Gasteiger partial charge in [0.05, 0.1) is 31.1 Å². The number of hydrogen-bond acceptors (Lipinski definition) is 5. The van der Waals surface area contributed by atoms with E-state index in [1.54, 1.807) is 0 Å². The first kappa shape index (κ1) is 21.1. The molecule has 2 saturated heterocycles. The molecular weight excluding hydrogens is 408 g/mol. The number of hydroxylamine groups is 2. The van der Waals surface area contributed by atoms with Crippen molar-refractivity contribution >= 4 is 29.4 Å². The minimum absolute atomic E-state index is 0.0726. The van der Waals surface area contributed by atoms with E-state index >= 15 is 0 Å². The van der Waals surface area contributed by atoms with Gasteiger partial charge in [-0.25, -0.2) is 5.06 Å². The Morgan fingerprint density at radius 3 is 2.20 bits per heavy atom. The van der Waals surface area contributed by atoms with Gasteiger partial charge in [0, 0.05) is 24.5 Å². The summed E-state index contributed by atoms with van der Waals surface area (Å²) in [5, 5.41) is 1.99. The van der Waals surface area contributed by atoms with Gasteiger partial charge in [0.2, 0.25) is 11.8 Å². The fourth-order valence-corrected chi connectivity index (χ4v) is 5.57. The van der Waals surface area contributed by atoms with E-state index in [9.17, 15) is 14.4 Å². The number of amides is 2. The molecule has 7 nitrogen and oxygen atoms in total. The number of nitrogens with zero attached hydrogens (tertiary/aromatic N) is 2. The first-order chi connectivity index (χ1) is 14.4. The van der Waals surface area contributed by atoms with Crippen molar-refractivity contribution in [1.29, 1.82) is 0 Å². The predicted molar refractivity (Wildman–Crippen MR) is 110 cm³/mol. The molecule has 0 radical (unpaired) electrons. The lowest BCUT2D eigenvalue weighted by molar-refractivity contribution is -0.210. The number of rotatable bonds is 4. The van der Waals surface area contributed by atoms with Gasteiger partial charge in [-0.15, -0.1) is 0 Å². The summed E-state index contributed by atoms with van der Waals surface area (Å²) in [6.07, 6.45) is 3.69. The summed E-state index contributed by atoms with van der Waals surface area (Å²) in [4.78, 5) is 45.7. The van der Waals surface area contributed by atoms with Gasteiger partial charge in [0.15, 0.2) is 0 Å². The maximum absolute atomic E-state index is 13.6. The molecule has 4 rings (SSSR count). The molecule has 1 spiro atoms. The third-order valence-electron chi connectivity index (χ3n) is 7.26. The summed E-state index contributed by atoms with van der Waals surface area (Å²) in [6, 6.07) is 7.55. The third-order valence-corrected chi connectivity index (χ3v) is 7.51. The van der Waals surface area contributed by atoms with Crippen LogP contribution in [-0.4, -0.2) is 60.6 Å². The van der Waals surface area contributed by atoms with Crippen LogP contribution in [0.4, 0.5) is 0 Å². The zero-order valence-electron chi connectivity index (χ0n) is 17.4. The van der Waals surface area contributed by atoms with Gasteiger partial charge in [0.25, 0.3) is 0 Å². The molecule has 162 valence electrons. The van der Waals surface area contributed by atoms with Gasteiger partial charge in [-0.1, -0.05) is 30.2 Å². The summed E-state index contributed by atoms with van der Waals surface area (Å²) in [5.74, 6) is -1.08. The van der Waals surface area contributed by atoms with Gasteiger partial charge in [-0.2, -0.15) is 0 Å². The number of likely N-dealkylation sites (tertiary alicyclic amines) is 1. The summed E-state index contributed by atoms with van der Waals surface area (Å²) < 4.78 is 4.96. The van der Waals surface area contributed by atoms with Crippen molar-refractivity contribution in [2.24, 2.45) is 5.92 Å². The molecule has 3 fully saturated rings. The Morgan fingerprint density at radius 1 is 1.07 bits per heavy atom. The highest BCUT2D eigenvalue weighted by Crippen LogP contribution is 2.48. The molecule has 8 heteroatoms. The van der Waals surface area contributed by atoms with Gasteiger partial charge in [-0.3, -0.25) is 19.2 Å². The van der Waals surface area contributed by atoms with E-state index in [1.807, 2.05) is 29.2 Å². The number of ether oxygens (including phenoxy) is 1. The molecule has 1 aliphatic carbocycles. The Kier molecular flexibility index (Phi) is 5.53. The molecule has 2 heterocycles. The fraction of sp³-hybridized carbons (Fsp3) is 0.591. The number of halogens is 1. The smallest absolute Gasteiger partial charge is 0.311 e. The summed E-state index contributed by atoms with van der Waals surface area (Å²) in [6.45, 7) is 0.934. The molecule has 3 aliphatic rings. The van der Waals surface area contributed by atoms with Crippen LogP contribution < -0.4 is 0 Å². The number of esters is 1. The first-order valence-electron chi connectivity index (χ1n) is 10.4. The normalized spacial score (nSPS) is 24.6. The zero-order chi connectivity index (χ0) is 21.5. The van der Waals surface area contributed by atoms with Crippen molar-refractivity contribution in [1.82, 2.24) is 9.96 Å². The van der Waals surface area contributed by atoms with Crippen LogP contribution in [0.3, 0.4) is 0 Å². The van der Waals surface area contributed by atoms with Crippen LogP contribution in [0.5, 0.6) is 0 Å². The van der Waals surface area contributed by atoms with Crippen molar-refractivity contribution in [3.63, 3.8) is 0 Å². The Morgan fingerprint density at radius 2 is 1.70 bits per heavy atom. The zero-order valence-corrected chi connectivity index (χ0v) is 18.1. The first-order valence-corrected chi connectivity index (χ1v) is 10.8. The lowest BCUT2D eigenvalue weighted by Gasteiger charge is -2.49. The van der Waals surface area contributed by atoms with Crippen molar-refractivity contribution in [2.45, 2.75) is 49.5 Å². The Bertz CT molecular complexity index is 842. The maximum atomic E-state index is 13.6. The molecule has 1 aromatic rings. The molecule has 1 atom stereocenters. The number of carbonyl (C=O) groups is 3. The number of methoxy groups -OCH3 is 1. The third kappa shape index (κ3) is 3.10. The van der Waals surface area contributed by atoms with E-state index in [0.717, 1.165) is 24.8 Å². The van der Waals surface area contributed by atoms with Crippen LogP contribution in [-0.2, 0) is 29.4 Å². The quantitative estimate of drug-likeness (QED) is 0.681. The standard InChI is InChI=1S/C22H27ClN2O5/c1-29-19(27)17-14-18(26)25(30-2)22(17)10-12-24(13-11-22)20(28)21(8-3-9-21)15-4-6-16(23)7-5-15/h4-7,17H,3,8-14H2,1-2H3/t17-/m0/s1. The van der Waals surface area contributed by atoms with Crippen LogP contribution >= 0.6 is 11.6 Å². The molecule has 0 aromatic heterocycles. The molecule has 2 aliphatic heterocycles. The number of benzene rings is 1. The Hall–Kier alpha value is -2.12. The lowest BCUT2D eigenvalue weighted by Crippen LogP contribution is -2.60. The van der Waals surface area contributed by atoms with Crippen molar-refractivity contribution in [3.8, 4) is 0 Å². The van der Waals surface area contributed by atoms with Crippen LogP contribution in [0, 0.1) is 5.92 Å². The van der Waals surface area contributed by atoms with E-state index < -0.39 is 22.8 Å². The molecule has 0 unspecified atom stereocenters. The Balaban J connectivity index is 1.54. The fourth-order valence-electron chi connectivity index (χ4n) is 5.44. The molecule has 0 N–H and O–H groups in total. The minimum Gasteiger partial charge on any atom is -0.469 e. The van der Waals surface area contributed by atoms with E-state index in [0.29, 0.717) is 31.0 Å². The van der Waals surface area contributed by atoms with E-state index in [-0.39, 0.29) is 18.2 Å². The van der Waals surface area contributed by atoms with Crippen molar-refractivity contribution < 1.29 is 24.0 Å². The van der Waals surface area contributed by atoms with Gasteiger partial charge >= 0.3 is 5.97 Å². The molecule has 1 aromatic carbocycles. The molecule has 30 heavy (non-hydrogen) atoms. The van der Waals surface area contributed by atoms with Crippen molar-refractivity contribution in [2.75, 3.05) is 27.3 Å². The van der Waals surface area contributed by atoms with Gasteiger partial charge in [0.1, 0.15) is 0 Å². The number of carbonyl (C=O) groups excluding carboxylic acids is 3. The molecule has 1 saturated carbocycles. The monoisotopic (exact) mass is 434 g/mol. The highest BCUT2D eigenvalue weighted by Gasteiger charge is 2.59. The SMILES string of the molecule is COC(=O)[C@@H]1CC(=O)N(OC)C12CCN(C(=O)C1(c3ccc(Cl)cc3)CCC1)CC2. The molecule has 0 bridgehead atoms. The average Bonchev–Trinajstić information content (AvgIpc) is 2.99. The van der Waals surface area contributed by atoms with E-state index in [4.69, 9.17) is 21.2 Å². The number of piperidine rings is 1. The lowest BCUT2D eigenvalue weighted by atomic mass is 9.63.